The van der Waals surface area contributed by atoms with Gasteiger partial charge in [0, 0.05) is 36.6 Å². The Balaban J connectivity index is 1.52. The lowest BCUT2D eigenvalue weighted by Crippen LogP contribution is -2.34. The lowest BCUT2D eigenvalue weighted by atomic mass is 10.2. The number of ether oxygens (including phenoxy) is 2. The van der Waals surface area contributed by atoms with E-state index in [-0.39, 0.29) is 11.6 Å². The maximum Gasteiger partial charge on any atom is 0.319 e. The number of nitrogens with zero attached hydrogens (tertiary/aromatic N) is 2. The highest BCUT2D eigenvalue weighted by Crippen LogP contribution is 2.32. The number of hydrogen-bond donors (Lipinski definition) is 2. The van der Waals surface area contributed by atoms with Crippen LogP contribution in [0.5, 0.6) is 11.5 Å². The Kier molecular flexibility index (Phi) is 4.64. The van der Waals surface area contributed by atoms with Gasteiger partial charge in [0.2, 0.25) is 0 Å². The van der Waals surface area contributed by atoms with E-state index in [0.717, 1.165) is 0 Å². The molecule has 0 unspecified atom stereocenters. The molecule has 0 saturated carbocycles. The average molecular weight is 330 g/mol. The maximum atomic E-state index is 11.9. The lowest BCUT2D eigenvalue weighted by Gasteiger charge is -2.19. The molecule has 0 spiro atoms. The minimum absolute atomic E-state index is 0.112. The summed E-state index contributed by atoms with van der Waals surface area (Å²) in [6.07, 6.45) is 2.97. The van der Waals surface area contributed by atoms with E-state index >= 15 is 0 Å². The Morgan fingerprint density at radius 3 is 2.92 bits per heavy atom. The van der Waals surface area contributed by atoms with Crippen molar-refractivity contribution in [3.05, 3.63) is 46.6 Å². The standard InChI is InChI=1S/C16H18N4O4/c1-11-9-17-10-20(15(11)21)5-4-18-16(22)19-12-2-3-13-14(8-12)24-7-6-23-13/h2-3,8-10H,4-7H2,1H3,(H2,18,19,22). The summed E-state index contributed by atoms with van der Waals surface area (Å²) in [6.45, 7) is 3.37. The molecule has 8 nitrogen and oxygen atoms in total. The monoisotopic (exact) mass is 330 g/mol. The third kappa shape index (κ3) is 3.65. The zero-order chi connectivity index (χ0) is 16.9. The van der Waals surface area contributed by atoms with Crippen molar-refractivity contribution in [1.82, 2.24) is 14.9 Å². The van der Waals surface area contributed by atoms with Crippen LogP contribution in [0.15, 0.2) is 35.5 Å². The van der Waals surface area contributed by atoms with Crippen molar-refractivity contribution >= 4 is 11.7 Å². The first-order valence-corrected chi connectivity index (χ1v) is 7.59. The Morgan fingerprint density at radius 1 is 1.29 bits per heavy atom. The zero-order valence-corrected chi connectivity index (χ0v) is 13.2. The van der Waals surface area contributed by atoms with E-state index < -0.39 is 0 Å². The van der Waals surface area contributed by atoms with Gasteiger partial charge in [0.15, 0.2) is 11.5 Å². The molecule has 1 aromatic carbocycles. The van der Waals surface area contributed by atoms with Crippen LogP contribution < -0.4 is 25.7 Å². The maximum absolute atomic E-state index is 11.9. The van der Waals surface area contributed by atoms with Crippen molar-refractivity contribution in [1.29, 1.82) is 0 Å². The number of hydrogen-bond acceptors (Lipinski definition) is 5. The Hall–Kier alpha value is -3.03. The summed E-state index contributed by atoms with van der Waals surface area (Å²) < 4.78 is 12.4. The summed E-state index contributed by atoms with van der Waals surface area (Å²) in [5.41, 5.74) is 1.06. The van der Waals surface area contributed by atoms with Gasteiger partial charge in [0.25, 0.3) is 5.56 Å². The Labute approximate surface area is 138 Å². The average Bonchev–Trinajstić information content (AvgIpc) is 2.58. The second-order valence-electron chi connectivity index (χ2n) is 5.31. The number of rotatable bonds is 4. The van der Waals surface area contributed by atoms with Crippen LogP contribution in [0, 0.1) is 6.92 Å². The van der Waals surface area contributed by atoms with E-state index in [9.17, 15) is 9.59 Å². The van der Waals surface area contributed by atoms with Gasteiger partial charge in [-0.25, -0.2) is 9.78 Å². The molecule has 1 aliphatic rings. The van der Waals surface area contributed by atoms with Crippen LogP contribution in [-0.2, 0) is 6.54 Å². The number of nitrogens with one attached hydrogen (secondary N) is 2. The smallest absolute Gasteiger partial charge is 0.319 e. The lowest BCUT2D eigenvalue weighted by molar-refractivity contribution is 0.171. The molecule has 2 heterocycles. The van der Waals surface area contributed by atoms with Crippen LogP contribution in [0.2, 0.25) is 0 Å². The number of benzene rings is 1. The summed E-state index contributed by atoms with van der Waals surface area (Å²) in [7, 11) is 0. The predicted molar refractivity (Wildman–Crippen MR) is 87.7 cm³/mol. The van der Waals surface area contributed by atoms with Gasteiger partial charge in [-0.05, 0) is 19.1 Å². The molecule has 0 atom stereocenters. The molecular formula is C16H18N4O4. The van der Waals surface area contributed by atoms with Gasteiger partial charge in [-0.3, -0.25) is 9.36 Å². The molecule has 0 bridgehead atoms. The number of anilines is 1. The number of fused-ring (bicyclic) bond motifs is 1. The number of amides is 2. The SMILES string of the molecule is Cc1cncn(CCNC(=O)Nc2ccc3c(c2)OCCO3)c1=O. The van der Waals surface area contributed by atoms with E-state index in [1.807, 2.05) is 0 Å². The normalized spacial score (nSPS) is 12.5. The van der Waals surface area contributed by atoms with E-state index in [0.29, 0.717) is 49.1 Å². The molecule has 0 aliphatic carbocycles. The molecule has 1 aromatic heterocycles. The second kappa shape index (κ2) is 7.03. The third-order valence-corrected chi connectivity index (χ3v) is 3.51. The predicted octanol–water partition coefficient (Wildman–Crippen LogP) is 1.14. The highest BCUT2D eigenvalue weighted by molar-refractivity contribution is 5.89. The van der Waals surface area contributed by atoms with E-state index in [2.05, 4.69) is 15.6 Å². The molecule has 2 N–H and O–H groups in total. The first kappa shape index (κ1) is 15.9. The van der Waals surface area contributed by atoms with Crippen molar-refractivity contribution in [2.45, 2.75) is 13.5 Å². The number of carbonyl (C=O) groups is 1. The van der Waals surface area contributed by atoms with Gasteiger partial charge < -0.3 is 20.1 Å². The van der Waals surface area contributed by atoms with Crippen LogP contribution in [0.4, 0.5) is 10.5 Å². The number of carbonyl (C=O) groups excluding carboxylic acids is 1. The van der Waals surface area contributed by atoms with Crippen LogP contribution in [0.3, 0.4) is 0 Å². The molecule has 1 aliphatic heterocycles. The summed E-state index contributed by atoms with van der Waals surface area (Å²) in [6, 6.07) is 4.84. The minimum Gasteiger partial charge on any atom is -0.486 e. The molecule has 0 fully saturated rings. The fourth-order valence-electron chi connectivity index (χ4n) is 2.31. The first-order valence-electron chi connectivity index (χ1n) is 7.59. The van der Waals surface area contributed by atoms with E-state index in [4.69, 9.17) is 9.47 Å². The molecule has 0 radical (unpaired) electrons. The molecule has 24 heavy (non-hydrogen) atoms. The van der Waals surface area contributed by atoms with Crippen molar-refractivity contribution in [3.63, 3.8) is 0 Å². The summed E-state index contributed by atoms with van der Waals surface area (Å²) in [4.78, 5) is 27.7. The van der Waals surface area contributed by atoms with Crippen LogP contribution >= 0.6 is 0 Å². The van der Waals surface area contributed by atoms with E-state index in [1.54, 1.807) is 25.1 Å². The van der Waals surface area contributed by atoms with E-state index in [1.165, 1.54) is 17.1 Å². The van der Waals surface area contributed by atoms with Gasteiger partial charge in [0.05, 0.1) is 6.33 Å². The zero-order valence-electron chi connectivity index (χ0n) is 13.2. The number of aromatic nitrogens is 2. The molecule has 2 amide bonds. The van der Waals surface area contributed by atoms with Gasteiger partial charge in [-0.1, -0.05) is 0 Å². The highest BCUT2D eigenvalue weighted by atomic mass is 16.6. The van der Waals surface area contributed by atoms with Crippen molar-refractivity contribution in [2.24, 2.45) is 0 Å². The topological polar surface area (TPSA) is 94.5 Å². The highest BCUT2D eigenvalue weighted by Gasteiger charge is 2.12. The molecule has 3 rings (SSSR count). The molecule has 8 heteroatoms. The van der Waals surface area contributed by atoms with Gasteiger partial charge in [-0.15, -0.1) is 0 Å². The quantitative estimate of drug-likeness (QED) is 0.877. The molecule has 0 saturated heterocycles. The molecule has 2 aromatic rings. The van der Waals surface area contributed by atoms with Crippen molar-refractivity contribution in [2.75, 3.05) is 25.1 Å². The summed E-state index contributed by atoms with van der Waals surface area (Å²) >= 11 is 0. The summed E-state index contributed by atoms with van der Waals surface area (Å²) in [5, 5.41) is 5.41. The largest absolute Gasteiger partial charge is 0.486 e. The Morgan fingerprint density at radius 2 is 2.08 bits per heavy atom. The molecular weight excluding hydrogens is 312 g/mol. The summed E-state index contributed by atoms with van der Waals surface area (Å²) in [5.74, 6) is 1.27. The van der Waals surface area contributed by atoms with Crippen molar-refractivity contribution < 1.29 is 14.3 Å². The second-order valence-corrected chi connectivity index (χ2v) is 5.31. The third-order valence-electron chi connectivity index (χ3n) is 3.51. The number of urea groups is 1. The van der Waals surface area contributed by atoms with Crippen LogP contribution in [0.1, 0.15) is 5.56 Å². The minimum atomic E-state index is -0.361. The van der Waals surface area contributed by atoms with Crippen molar-refractivity contribution in [3.8, 4) is 11.5 Å². The Bertz CT molecular complexity index is 803. The first-order chi connectivity index (χ1) is 11.6. The fourth-order valence-corrected chi connectivity index (χ4v) is 2.31. The van der Waals surface area contributed by atoms with Gasteiger partial charge in [0.1, 0.15) is 13.2 Å². The van der Waals surface area contributed by atoms with Gasteiger partial charge >= 0.3 is 6.03 Å². The number of aryl methyl sites for hydroxylation is 1. The van der Waals surface area contributed by atoms with Gasteiger partial charge in [-0.2, -0.15) is 0 Å². The molecule has 126 valence electrons. The fraction of sp³-hybridized carbons (Fsp3) is 0.312. The van der Waals surface area contributed by atoms with Crippen LogP contribution in [0.25, 0.3) is 0 Å². The van der Waals surface area contributed by atoms with Crippen LogP contribution in [-0.4, -0.2) is 35.3 Å².